The Bertz CT molecular complexity index is 834. The Morgan fingerprint density at radius 2 is 1.52 bits per heavy atom. The summed E-state index contributed by atoms with van der Waals surface area (Å²) in [7, 11) is 0. The zero-order valence-electron chi connectivity index (χ0n) is 14.3. The molecular weight excluding hydrogens is 328 g/mol. The third-order valence-corrected chi connectivity index (χ3v) is 8.42. The van der Waals surface area contributed by atoms with E-state index in [0.717, 1.165) is 33.5 Å². The standard InChI is InChI=1S/C23H23ClO/c24-18-8-4-7-17(21(18)16-5-2-1-3-6-16)23(25)19-10-14-9-15-11-20(23)22(19,12-14)13-15/h1-8,14-15,19-20,25H,9-13H2. The van der Waals surface area contributed by atoms with Crippen molar-refractivity contribution in [3.05, 3.63) is 59.1 Å². The van der Waals surface area contributed by atoms with Crippen LogP contribution in [0.3, 0.4) is 0 Å². The highest BCUT2D eigenvalue weighted by Gasteiger charge is 2.78. The fourth-order valence-corrected chi connectivity index (χ4v) is 7.90. The molecule has 4 aliphatic rings. The Morgan fingerprint density at radius 1 is 0.840 bits per heavy atom. The summed E-state index contributed by atoms with van der Waals surface area (Å²) < 4.78 is 0. The largest absolute Gasteiger partial charge is 0.385 e. The Labute approximate surface area is 154 Å². The zero-order chi connectivity index (χ0) is 16.8. The van der Waals surface area contributed by atoms with Gasteiger partial charge in [-0.3, -0.25) is 0 Å². The van der Waals surface area contributed by atoms with Crippen LogP contribution in [0.15, 0.2) is 48.5 Å². The van der Waals surface area contributed by atoms with Gasteiger partial charge in [-0.2, -0.15) is 0 Å². The van der Waals surface area contributed by atoms with Crippen LogP contribution in [0.5, 0.6) is 0 Å². The van der Waals surface area contributed by atoms with Crippen LogP contribution in [0.4, 0.5) is 0 Å². The summed E-state index contributed by atoms with van der Waals surface area (Å²) >= 11 is 6.66. The minimum absolute atomic E-state index is 0.434. The van der Waals surface area contributed by atoms with E-state index in [0.29, 0.717) is 17.3 Å². The van der Waals surface area contributed by atoms with E-state index in [-0.39, 0.29) is 0 Å². The molecule has 4 aliphatic carbocycles. The molecule has 1 spiro atoms. The van der Waals surface area contributed by atoms with Crippen molar-refractivity contribution in [1.29, 1.82) is 0 Å². The summed E-state index contributed by atoms with van der Waals surface area (Å²) in [4.78, 5) is 0. The SMILES string of the molecule is OC1(c2cccc(Cl)c2-c2ccccc2)C2CC3CC4CC1C2(C3)C4. The number of benzene rings is 2. The Hall–Kier alpha value is -1.31. The van der Waals surface area contributed by atoms with Gasteiger partial charge in [0, 0.05) is 10.6 Å². The molecular formula is C23H23ClO. The minimum Gasteiger partial charge on any atom is -0.385 e. The first-order valence-corrected chi connectivity index (χ1v) is 10.1. The van der Waals surface area contributed by atoms with Gasteiger partial charge in [0.2, 0.25) is 0 Å². The van der Waals surface area contributed by atoms with Crippen molar-refractivity contribution in [1.82, 2.24) is 0 Å². The second-order valence-electron chi connectivity index (χ2n) is 9.04. The number of aliphatic hydroxyl groups is 1. The zero-order valence-corrected chi connectivity index (χ0v) is 15.0. The average Bonchev–Trinajstić information content (AvgIpc) is 3.03. The van der Waals surface area contributed by atoms with Gasteiger partial charge in [-0.1, -0.05) is 54.1 Å². The smallest absolute Gasteiger partial charge is 0.0970 e. The molecule has 0 saturated heterocycles. The average molecular weight is 351 g/mol. The number of hydrogen-bond donors (Lipinski definition) is 1. The summed E-state index contributed by atoms with van der Waals surface area (Å²) in [5.41, 5.74) is 3.02. The molecule has 0 aliphatic heterocycles. The van der Waals surface area contributed by atoms with Gasteiger partial charge in [0.05, 0.1) is 5.60 Å². The summed E-state index contributed by atoms with van der Waals surface area (Å²) in [6.45, 7) is 0. The number of fused-ring (bicyclic) bond motifs is 2. The first kappa shape index (κ1) is 14.8. The minimum atomic E-state index is -0.681. The van der Waals surface area contributed by atoms with Crippen molar-refractivity contribution in [2.75, 3.05) is 0 Å². The van der Waals surface area contributed by atoms with E-state index in [2.05, 4.69) is 30.3 Å². The lowest BCUT2D eigenvalue weighted by Crippen LogP contribution is -2.63. The van der Waals surface area contributed by atoms with E-state index in [1.807, 2.05) is 18.2 Å². The molecule has 25 heavy (non-hydrogen) atoms. The maximum atomic E-state index is 12.1. The van der Waals surface area contributed by atoms with Crippen molar-refractivity contribution in [2.45, 2.75) is 37.7 Å². The summed E-state index contributed by atoms with van der Waals surface area (Å²) in [6, 6.07) is 16.5. The van der Waals surface area contributed by atoms with E-state index >= 15 is 0 Å². The van der Waals surface area contributed by atoms with Gasteiger partial charge >= 0.3 is 0 Å². The molecule has 4 atom stereocenters. The Morgan fingerprint density at radius 3 is 2.20 bits per heavy atom. The third-order valence-electron chi connectivity index (χ3n) is 8.10. The lowest BCUT2D eigenvalue weighted by Gasteiger charge is -2.62. The highest BCUT2D eigenvalue weighted by molar-refractivity contribution is 6.33. The van der Waals surface area contributed by atoms with Crippen molar-refractivity contribution in [2.24, 2.45) is 29.1 Å². The van der Waals surface area contributed by atoms with Crippen LogP contribution in [-0.2, 0) is 5.60 Å². The van der Waals surface area contributed by atoms with Crippen LogP contribution in [0.1, 0.15) is 37.7 Å². The predicted molar refractivity (Wildman–Crippen MR) is 100 cm³/mol. The fraction of sp³-hybridized carbons (Fsp3) is 0.478. The molecule has 128 valence electrons. The Kier molecular flexibility index (Phi) is 2.78. The molecule has 0 heterocycles. The van der Waals surface area contributed by atoms with Crippen molar-refractivity contribution in [3.8, 4) is 11.1 Å². The molecule has 0 radical (unpaired) electrons. The molecule has 2 aromatic carbocycles. The molecule has 0 aromatic heterocycles. The monoisotopic (exact) mass is 350 g/mol. The van der Waals surface area contributed by atoms with E-state index in [1.165, 1.54) is 32.1 Å². The maximum absolute atomic E-state index is 12.1. The van der Waals surface area contributed by atoms with Crippen molar-refractivity contribution < 1.29 is 5.11 Å². The summed E-state index contributed by atoms with van der Waals surface area (Å²) in [5.74, 6) is 2.57. The lowest BCUT2D eigenvalue weighted by molar-refractivity contribution is -0.235. The van der Waals surface area contributed by atoms with Crippen LogP contribution in [0, 0.1) is 29.1 Å². The molecule has 4 fully saturated rings. The molecule has 0 amide bonds. The molecule has 2 heteroatoms. The third kappa shape index (κ3) is 1.65. The van der Waals surface area contributed by atoms with Crippen LogP contribution in [-0.4, -0.2) is 5.11 Å². The van der Waals surface area contributed by atoms with Gasteiger partial charge in [0.25, 0.3) is 0 Å². The van der Waals surface area contributed by atoms with Crippen molar-refractivity contribution >= 4 is 11.6 Å². The van der Waals surface area contributed by atoms with Crippen LogP contribution < -0.4 is 0 Å². The van der Waals surface area contributed by atoms with Gasteiger partial charge in [0.15, 0.2) is 0 Å². The van der Waals surface area contributed by atoms with E-state index in [4.69, 9.17) is 11.6 Å². The first-order valence-electron chi connectivity index (χ1n) is 9.70. The normalized spacial score (nSPS) is 43.1. The molecule has 4 unspecified atom stereocenters. The highest BCUT2D eigenvalue weighted by Crippen LogP contribution is 2.81. The second-order valence-corrected chi connectivity index (χ2v) is 9.45. The van der Waals surface area contributed by atoms with Gasteiger partial charge in [-0.25, -0.2) is 0 Å². The summed E-state index contributed by atoms with van der Waals surface area (Å²) in [6.07, 6.45) is 6.56. The fourth-order valence-electron chi connectivity index (χ4n) is 7.62. The summed E-state index contributed by atoms with van der Waals surface area (Å²) in [5, 5.41) is 12.8. The Balaban J connectivity index is 1.55. The topological polar surface area (TPSA) is 20.2 Å². The molecule has 2 aromatic rings. The van der Waals surface area contributed by atoms with Gasteiger partial charge < -0.3 is 5.11 Å². The van der Waals surface area contributed by atoms with Crippen LogP contribution in [0.25, 0.3) is 11.1 Å². The number of hydrogen-bond acceptors (Lipinski definition) is 1. The predicted octanol–water partition coefficient (Wildman–Crippen LogP) is 5.65. The highest BCUT2D eigenvalue weighted by atomic mass is 35.5. The van der Waals surface area contributed by atoms with Crippen LogP contribution in [0.2, 0.25) is 5.02 Å². The van der Waals surface area contributed by atoms with Crippen molar-refractivity contribution in [3.63, 3.8) is 0 Å². The van der Waals surface area contributed by atoms with E-state index < -0.39 is 5.60 Å². The van der Waals surface area contributed by atoms with E-state index in [9.17, 15) is 5.11 Å². The van der Waals surface area contributed by atoms with E-state index in [1.54, 1.807) is 0 Å². The molecule has 1 nitrogen and oxygen atoms in total. The molecule has 1 N–H and O–H groups in total. The van der Waals surface area contributed by atoms with Gasteiger partial charge in [-0.05, 0) is 78.4 Å². The molecule has 4 saturated carbocycles. The van der Waals surface area contributed by atoms with Crippen LogP contribution >= 0.6 is 11.6 Å². The number of rotatable bonds is 2. The molecule has 6 rings (SSSR count). The molecule has 3 bridgehead atoms. The number of halogens is 1. The van der Waals surface area contributed by atoms with Gasteiger partial charge in [0.1, 0.15) is 0 Å². The van der Waals surface area contributed by atoms with Gasteiger partial charge in [-0.15, -0.1) is 0 Å². The second kappa shape index (κ2) is 4.69. The quantitative estimate of drug-likeness (QED) is 0.741. The maximum Gasteiger partial charge on any atom is 0.0970 e. The first-order chi connectivity index (χ1) is 12.1. The lowest BCUT2D eigenvalue weighted by atomic mass is 9.44.